The third-order valence-electron chi connectivity index (χ3n) is 3.83. The van der Waals surface area contributed by atoms with Crippen LogP contribution in [-0.4, -0.2) is 49.7 Å². The van der Waals surface area contributed by atoms with Crippen molar-refractivity contribution in [1.82, 2.24) is 10.2 Å². The summed E-state index contributed by atoms with van der Waals surface area (Å²) in [7, 11) is 2.15. The molecule has 4 nitrogen and oxygen atoms in total. The largest absolute Gasteiger partial charge is 0.465 e. The van der Waals surface area contributed by atoms with Gasteiger partial charge in [0.25, 0.3) is 0 Å². The molecule has 0 saturated carbocycles. The molecule has 2 atom stereocenters. The lowest BCUT2D eigenvalue weighted by Gasteiger charge is -2.29. The quantitative estimate of drug-likeness (QED) is 0.593. The standard InChI is InChI=1S/C16H34N2O2/c1-7-14(4)13-18(6)12-10-11-16(5,17-8-2)15(19)20-9-3/h14,17H,7-13H2,1-6H3. The van der Waals surface area contributed by atoms with Gasteiger partial charge in [-0.3, -0.25) is 4.79 Å². The lowest BCUT2D eigenvalue weighted by molar-refractivity contribution is -0.150. The smallest absolute Gasteiger partial charge is 0.326 e. The molecule has 0 bridgehead atoms. The molecular formula is C16H34N2O2. The zero-order valence-corrected chi connectivity index (χ0v) is 14.3. The van der Waals surface area contributed by atoms with E-state index in [1.54, 1.807) is 0 Å². The van der Waals surface area contributed by atoms with Gasteiger partial charge in [0.05, 0.1) is 6.61 Å². The average Bonchev–Trinajstić information content (AvgIpc) is 2.39. The summed E-state index contributed by atoms with van der Waals surface area (Å²) in [6.07, 6.45) is 3.02. The number of likely N-dealkylation sites (N-methyl/N-ethyl adjacent to an activating group) is 1. The first kappa shape index (κ1) is 19.4. The highest BCUT2D eigenvalue weighted by Crippen LogP contribution is 2.15. The van der Waals surface area contributed by atoms with Crippen LogP contribution in [0.3, 0.4) is 0 Å². The Kier molecular flexibility index (Phi) is 9.86. The van der Waals surface area contributed by atoms with Crippen molar-refractivity contribution in [2.45, 2.75) is 59.4 Å². The topological polar surface area (TPSA) is 41.6 Å². The number of carbonyl (C=O) groups excluding carboxylic acids is 1. The van der Waals surface area contributed by atoms with Crippen LogP contribution in [0.5, 0.6) is 0 Å². The normalized spacial score (nSPS) is 15.9. The number of esters is 1. The molecule has 0 amide bonds. The number of hydrogen-bond acceptors (Lipinski definition) is 4. The molecule has 0 saturated heterocycles. The molecule has 1 N–H and O–H groups in total. The highest BCUT2D eigenvalue weighted by atomic mass is 16.5. The average molecular weight is 286 g/mol. The van der Waals surface area contributed by atoms with Crippen LogP contribution in [0.1, 0.15) is 53.9 Å². The molecule has 0 spiro atoms. The molecule has 0 aromatic carbocycles. The fourth-order valence-corrected chi connectivity index (χ4v) is 2.40. The second-order valence-electron chi connectivity index (χ2n) is 5.96. The van der Waals surface area contributed by atoms with Crippen LogP contribution in [0.2, 0.25) is 0 Å². The van der Waals surface area contributed by atoms with Crippen molar-refractivity contribution in [3.05, 3.63) is 0 Å². The van der Waals surface area contributed by atoms with Crippen LogP contribution in [0.15, 0.2) is 0 Å². The van der Waals surface area contributed by atoms with Gasteiger partial charge in [-0.25, -0.2) is 0 Å². The van der Waals surface area contributed by atoms with Gasteiger partial charge in [0.2, 0.25) is 0 Å². The molecule has 0 aromatic rings. The number of carbonyl (C=O) groups is 1. The highest BCUT2D eigenvalue weighted by molar-refractivity contribution is 5.80. The molecule has 0 aliphatic carbocycles. The number of rotatable bonds is 11. The lowest BCUT2D eigenvalue weighted by atomic mass is 9.95. The Morgan fingerprint density at radius 3 is 2.50 bits per heavy atom. The zero-order valence-electron chi connectivity index (χ0n) is 14.3. The molecule has 0 rings (SSSR count). The third kappa shape index (κ3) is 7.25. The number of nitrogens with zero attached hydrogens (tertiary/aromatic N) is 1. The fraction of sp³-hybridized carbons (Fsp3) is 0.938. The Hall–Kier alpha value is -0.610. The summed E-state index contributed by atoms with van der Waals surface area (Å²) in [4.78, 5) is 14.4. The zero-order chi connectivity index (χ0) is 15.6. The molecule has 0 fully saturated rings. The first-order chi connectivity index (χ1) is 9.39. The van der Waals surface area contributed by atoms with Crippen LogP contribution in [-0.2, 0) is 9.53 Å². The summed E-state index contributed by atoms with van der Waals surface area (Å²) in [6.45, 7) is 13.7. The molecule has 4 heteroatoms. The van der Waals surface area contributed by atoms with E-state index in [9.17, 15) is 4.79 Å². The van der Waals surface area contributed by atoms with E-state index < -0.39 is 5.54 Å². The summed E-state index contributed by atoms with van der Waals surface area (Å²) >= 11 is 0. The summed E-state index contributed by atoms with van der Waals surface area (Å²) in [6, 6.07) is 0. The van der Waals surface area contributed by atoms with Crippen LogP contribution < -0.4 is 5.32 Å². The fourth-order valence-electron chi connectivity index (χ4n) is 2.40. The minimum absolute atomic E-state index is 0.133. The van der Waals surface area contributed by atoms with Crippen LogP contribution in [0, 0.1) is 5.92 Å². The summed E-state index contributed by atoms with van der Waals surface area (Å²) in [5.41, 5.74) is -0.554. The van der Waals surface area contributed by atoms with Gasteiger partial charge in [-0.2, -0.15) is 0 Å². The Balaban J connectivity index is 4.24. The maximum absolute atomic E-state index is 12.1. The van der Waals surface area contributed by atoms with Crippen LogP contribution in [0.25, 0.3) is 0 Å². The third-order valence-corrected chi connectivity index (χ3v) is 3.83. The van der Waals surface area contributed by atoms with Crippen molar-refractivity contribution in [2.24, 2.45) is 5.92 Å². The minimum Gasteiger partial charge on any atom is -0.465 e. The predicted octanol–water partition coefficient (Wildman–Crippen LogP) is 2.68. The van der Waals surface area contributed by atoms with E-state index in [0.29, 0.717) is 6.61 Å². The van der Waals surface area contributed by atoms with Crippen LogP contribution in [0.4, 0.5) is 0 Å². The monoisotopic (exact) mass is 286 g/mol. The number of nitrogens with one attached hydrogen (secondary N) is 1. The molecule has 0 aliphatic rings. The van der Waals surface area contributed by atoms with Gasteiger partial charge < -0.3 is 15.0 Å². The number of hydrogen-bond donors (Lipinski definition) is 1. The predicted molar refractivity (Wildman–Crippen MR) is 84.9 cm³/mol. The lowest BCUT2D eigenvalue weighted by Crippen LogP contribution is -2.50. The SMILES string of the molecule is CCNC(C)(CCCN(C)CC(C)CC)C(=O)OCC. The second-order valence-corrected chi connectivity index (χ2v) is 5.96. The first-order valence-electron chi connectivity index (χ1n) is 8.00. The molecule has 20 heavy (non-hydrogen) atoms. The van der Waals surface area contributed by atoms with Crippen molar-refractivity contribution >= 4 is 5.97 Å². The Bertz CT molecular complexity index is 271. The Labute approximate surface area is 125 Å². The molecule has 0 aliphatic heterocycles. The molecule has 120 valence electrons. The van der Waals surface area contributed by atoms with Crippen molar-refractivity contribution in [3.8, 4) is 0 Å². The van der Waals surface area contributed by atoms with E-state index in [1.807, 2.05) is 20.8 Å². The van der Waals surface area contributed by atoms with Crippen LogP contribution >= 0.6 is 0 Å². The molecule has 0 heterocycles. The molecule has 2 unspecified atom stereocenters. The maximum Gasteiger partial charge on any atom is 0.326 e. The van der Waals surface area contributed by atoms with E-state index in [1.165, 1.54) is 6.42 Å². The molecule has 0 aromatic heterocycles. The van der Waals surface area contributed by atoms with E-state index in [-0.39, 0.29) is 5.97 Å². The summed E-state index contributed by atoms with van der Waals surface area (Å²) in [5, 5.41) is 3.28. The van der Waals surface area contributed by atoms with Gasteiger partial charge in [-0.1, -0.05) is 27.2 Å². The van der Waals surface area contributed by atoms with Gasteiger partial charge in [0, 0.05) is 6.54 Å². The van der Waals surface area contributed by atoms with Gasteiger partial charge in [-0.05, 0) is 52.7 Å². The van der Waals surface area contributed by atoms with E-state index in [4.69, 9.17) is 4.74 Å². The van der Waals surface area contributed by atoms with Gasteiger partial charge >= 0.3 is 5.97 Å². The minimum atomic E-state index is -0.554. The first-order valence-corrected chi connectivity index (χ1v) is 8.00. The molecular weight excluding hydrogens is 252 g/mol. The Morgan fingerprint density at radius 2 is 2.00 bits per heavy atom. The van der Waals surface area contributed by atoms with E-state index in [0.717, 1.165) is 38.4 Å². The summed E-state index contributed by atoms with van der Waals surface area (Å²) < 4.78 is 5.18. The van der Waals surface area contributed by atoms with Gasteiger partial charge in [0.15, 0.2) is 0 Å². The van der Waals surface area contributed by atoms with Crippen molar-refractivity contribution in [1.29, 1.82) is 0 Å². The van der Waals surface area contributed by atoms with E-state index >= 15 is 0 Å². The molecule has 0 radical (unpaired) electrons. The van der Waals surface area contributed by atoms with Crippen molar-refractivity contribution in [2.75, 3.05) is 33.3 Å². The summed E-state index contributed by atoms with van der Waals surface area (Å²) in [5.74, 6) is 0.594. The highest BCUT2D eigenvalue weighted by Gasteiger charge is 2.33. The van der Waals surface area contributed by atoms with E-state index in [2.05, 4.69) is 31.1 Å². The number of ether oxygens (including phenoxy) is 1. The second kappa shape index (κ2) is 10.2. The van der Waals surface area contributed by atoms with Crippen molar-refractivity contribution < 1.29 is 9.53 Å². The van der Waals surface area contributed by atoms with Crippen molar-refractivity contribution in [3.63, 3.8) is 0 Å². The maximum atomic E-state index is 12.1. The van der Waals surface area contributed by atoms with Gasteiger partial charge in [0.1, 0.15) is 5.54 Å². The van der Waals surface area contributed by atoms with Gasteiger partial charge in [-0.15, -0.1) is 0 Å². The Morgan fingerprint density at radius 1 is 1.35 bits per heavy atom.